The van der Waals surface area contributed by atoms with Crippen LogP contribution in [0.2, 0.25) is 0 Å². The van der Waals surface area contributed by atoms with Crippen LogP contribution in [0.5, 0.6) is 11.5 Å². The number of ether oxygens (including phenoxy) is 1. The highest BCUT2D eigenvalue weighted by molar-refractivity contribution is 5.99. The molecule has 1 atom stereocenters. The Morgan fingerprint density at radius 2 is 1.98 bits per heavy atom. The smallest absolute Gasteiger partial charge is 0.270 e. The third kappa shape index (κ3) is 5.80. The molecule has 0 unspecified atom stereocenters. The van der Waals surface area contributed by atoms with Crippen molar-refractivity contribution < 1.29 is 13.9 Å². The van der Waals surface area contributed by atoms with Crippen molar-refractivity contribution in [3.05, 3.63) is 84.6 Å². The van der Waals surface area contributed by atoms with Gasteiger partial charge in [0, 0.05) is 29.6 Å². The number of hydrogen-bond acceptors (Lipinski definition) is 9. The molecule has 1 aliphatic rings. The molecule has 206 valence electrons. The molecule has 41 heavy (non-hydrogen) atoms. The van der Waals surface area contributed by atoms with Crippen molar-refractivity contribution in [2.75, 3.05) is 5.73 Å². The summed E-state index contributed by atoms with van der Waals surface area (Å²) in [5.41, 5.74) is 11.9. The number of allylic oxidation sites excluding steroid dienone is 1. The first-order valence-corrected chi connectivity index (χ1v) is 12.6. The molecule has 12 heteroatoms. The third-order valence-corrected chi connectivity index (χ3v) is 6.08. The van der Waals surface area contributed by atoms with E-state index in [2.05, 4.69) is 20.1 Å². The van der Waals surface area contributed by atoms with E-state index in [0.29, 0.717) is 22.5 Å². The first kappa shape index (κ1) is 27.2. The van der Waals surface area contributed by atoms with Gasteiger partial charge in [-0.2, -0.15) is 10.4 Å². The fourth-order valence-electron chi connectivity index (χ4n) is 4.32. The zero-order valence-electron chi connectivity index (χ0n) is 22.3. The van der Waals surface area contributed by atoms with E-state index >= 15 is 4.39 Å². The summed E-state index contributed by atoms with van der Waals surface area (Å²) < 4.78 is 22.7. The number of nitrogens with two attached hydrogens (primary N) is 2. The highest BCUT2D eigenvalue weighted by Gasteiger charge is 2.29. The number of nitrogen functional groups attached to an aromatic ring is 1. The number of nitriles is 1. The molecule has 5 rings (SSSR count). The number of halogens is 1. The fourth-order valence-corrected chi connectivity index (χ4v) is 4.32. The maximum absolute atomic E-state index is 15.5. The SMILES string of the molecule is CC(C)(N)/C=C(/C#N)C(=O)N1C=CC=N[C@H]1Cn1nc(-c2ccc(Oc3ccccc3)cc2F)c2c(N)ncnc21. The Morgan fingerprint density at radius 1 is 1.20 bits per heavy atom. The van der Waals surface area contributed by atoms with Crippen LogP contribution in [0.1, 0.15) is 13.8 Å². The molecular weight excluding hydrogens is 525 g/mol. The molecule has 0 aliphatic carbocycles. The zero-order chi connectivity index (χ0) is 29.1. The number of fused-ring (bicyclic) bond motifs is 1. The van der Waals surface area contributed by atoms with Crippen LogP contribution in [0.4, 0.5) is 10.2 Å². The number of aliphatic imine (C=N–C) groups is 1. The third-order valence-electron chi connectivity index (χ3n) is 6.08. The van der Waals surface area contributed by atoms with E-state index in [4.69, 9.17) is 16.2 Å². The molecule has 0 saturated carbocycles. The van der Waals surface area contributed by atoms with Gasteiger partial charge in [0.2, 0.25) is 0 Å². The molecule has 0 fully saturated rings. The minimum absolute atomic E-state index is 0.0288. The predicted octanol–water partition coefficient (Wildman–Crippen LogP) is 3.95. The standard InChI is InChI=1S/C29H26FN9O2/c1-29(2,33)14-18(15-31)28(40)38-12-6-11-34-23(38)16-39-27-24(26(32)35-17-36-27)25(37-39)21-10-9-20(13-22(21)30)41-19-7-4-3-5-8-19/h3-14,17,23H,16,33H2,1-2H3,(H2,32,35,36)/b18-14-/t23-/m1/s1. The van der Waals surface area contributed by atoms with Gasteiger partial charge in [0.05, 0.1) is 11.9 Å². The van der Waals surface area contributed by atoms with Crippen molar-refractivity contribution in [2.45, 2.75) is 32.1 Å². The number of benzene rings is 2. The normalized spacial score (nSPS) is 15.2. The number of aromatic nitrogens is 4. The molecular formula is C29H26FN9O2. The number of hydrogen-bond donors (Lipinski definition) is 2. The van der Waals surface area contributed by atoms with Gasteiger partial charge >= 0.3 is 0 Å². The highest BCUT2D eigenvalue weighted by atomic mass is 19.1. The zero-order valence-corrected chi connectivity index (χ0v) is 22.3. The number of anilines is 1. The van der Waals surface area contributed by atoms with Gasteiger partial charge < -0.3 is 16.2 Å². The van der Waals surface area contributed by atoms with Gasteiger partial charge in [-0.3, -0.25) is 14.7 Å². The van der Waals surface area contributed by atoms with E-state index in [9.17, 15) is 10.1 Å². The summed E-state index contributed by atoms with van der Waals surface area (Å²) >= 11 is 0. The summed E-state index contributed by atoms with van der Waals surface area (Å²) in [7, 11) is 0. The average molecular weight is 552 g/mol. The summed E-state index contributed by atoms with van der Waals surface area (Å²) in [5.74, 6) is -0.172. The van der Waals surface area contributed by atoms with E-state index in [1.54, 1.807) is 44.2 Å². The Kier molecular flexibility index (Phi) is 7.28. The van der Waals surface area contributed by atoms with E-state index in [1.165, 1.54) is 40.5 Å². The van der Waals surface area contributed by atoms with E-state index in [1.807, 2.05) is 24.3 Å². The molecule has 4 aromatic rings. The Bertz CT molecular complexity index is 1750. The summed E-state index contributed by atoms with van der Waals surface area (Å²) in [6, 6.07) is 15.4. The number of rotatable bonds is 7. The van der Waals surface area contributed by atoms with Gasteiger partial charge in [-0.1, -0.05) is 18.2 Å². The monoisotopic (exact) mass is 551 g/mol. The lowest BCUT2D eigenvalue weighted by Crippen LogP contribution is -2.41. The van der Waals surface area contributed by atoms with Crippen LogP contribution in [0.3, 0.4) is 0 Å². The number of amides is 1. The van der Waals surface area contributed by atoms with Crippen LogP contribution in [0, 0.1) is 17.1 Å². The molecule has 1 aliphatic heterocycles. The lowest BCUT2D eigenvalue weighted by Gasteiger charge is -2.28. The second-order valence-electron chi connectivity index (χ2n) is 9.87. The number of carbonyl (C=O) groups excluding carboxylic acids is 1. The summed E-state index contributed by atoms with van der Waals surface area (Å²) in [6.45, 7) is 3.39. The molecule has 0 saturated heterocycles. The molecule has 4 N–H and O–H groups in total. The molecule has 3 heterocycles. The van der Waals surface area contributed by atoms with Crippen molar-refractivity contribution in [1.82, 2.24) is 24.6 Å². The van der Waals surface area contributed by atoms with Gasteiger partial charge in [0.1, 0.15) is 53.0 Å². The second-order valence-corrected chi connectivity index (χ2v) is 9.87. The van der Waals surface area contributed by atoms with Gasteiger partial charge in [-0.05, 0) is 50.3 Å². The molecule has 11 nitrogen and oxygen atoms in total. The van der Waals surface area contributed by atoms with Crippen molar-refractivity contribution >= 4 is 29.0 Å². The van der Waals surface area contributed by atoms with Gasteiger partial charge in [0.15, 0.2) is 5.65 Å². The number of carbonyl (C=O) groups is 1. The summed E-state index contributed by atoms with van der Waals surface area (Å²) in [6.07, 6.45) is 6.54. The molecule has 0 radical (unpaired) electrons. The Labute approximate surface area is 234 Å². The van der Waals surface area contributed by atoms with Gasteiger partial charge in [-0.25, -0.2) is 19.0 Å². The van der Waals surface area contributed by atoms with E-state index in [-0.39, 0.29) is 29.2 Å². The van der Waals surface area contributed by atoms with Crippen LogP contribution in [0.15, 0.2) is 83.8 Å². The van der Waals surface area contributed by atoms with Crippen LogP contribution >= 0.6 is 0 Å². The van der Waals surface area contributed by atoms with Crippen LogP contribution in [-0.2, 0) is 11.3 Å². The van der Waals surface area contributed by atoms with Crippen LogP contribution in [-0.4, -0.2) is 48.5 Å². The van der Waals surface area contributed by atoms with Crippen molar-refractivity contribution in [3.8, 4) is 28.8 Å². The number of nitrogens with zero attached hydrogens (tertiary/aromatic N) is 7. The lowest BCUT2D eigenvalue weighted by molar-refractivity contribution is -0.126. The lowest BCUT2D eigenvalue weighted by atomic mass is 10.0. The van der Waals surface area contributed by atoms with E-state index in [0.717, 1.165) is 0 Å². The summed E-state index contributed by atoms with van der Waals surface area (Å²) in [5, 5.41) is 14.6. The molecule has 2 aromatic carbocycles. The molecule has 0 bridgehead atoms. The average Bonchev–Trinajstić information content (AvgIpc) is 3.31. The van der Waals surface area contributed by atoms with Crippen molar-refractivity contribution in [3.63, 3.8) is 0 Å². The maximum Gasteiger partial charge on any atom is 0.270 e. The minimum atomic E-state index is -0.883. The fraction of sp³-hybridized carbons (Fsp3) is 0.172. The van der Waals surface area contributed by atoms with Gasteiger partial charge in [0.25, 0.3) is 5.91 Å². The first-order chi connectivity index (χ1) is 19.6. The first-order valence-electron chi connectivity index (χ1n) is 12.6. The molecule has 0 spiro atoms. The highest BCUT2D eigenvalue weighted by Crippen LogP contribution is 2.34. The van der Waals surface area contributed by atoms with Crippen molar-refractivity contribution in [2.24, 2.45) is 10.7 Å². The maximum atomic E-state index is 15.5. The Hall–Kier alpha value is -5.41. The Balaban J connectivity index is 1.50. The molecule has 1 amide bonds. The van der Waals surface area contributed by atoms with E-state index < -0.39 is 23.4 Å². The topological polar surface area (TPSA) is 161 Å². The number of para-hydroxylation sites is 1. The second kappa shape index (κ2) is 11.0. The minimum Gasteiger partial charge on any atom is -0.457 e. The van der Waals surface area contributed by atoms with Crippen LogP contribution < -0.4 is 16.2 Å². The van der Waals surface area contributed by atoms with Crippen molar-refractivity contribution in [1.29, 1.82) is 5.26 Å². The largest absolute Gasteiger partial charge is 0.457 e. The molecule has 2 aromatic heterocycles. The Morgan fingerprint density at radius 3 is 2.68 bits per heavy atom. The van der Waals surface area contributed by atoms with Gasteiger partial charge in [-0.15, -0.1) is 0 Å². The summed E-state index contributed by atoms with van der Waals surface area (Å²) in [4.78, 5) is 27.4. The van der Waals surface area contributed by atoms with Crippen LogP contribution in [0.25, 0.3) is 22.3 Å². The predicted molar refractivity (Wildman–Crippen MR) is 152 cm³/mol. The quantitative estimate of drug-likeness (QED) is 0.258.